The van der Waals surface area contributed by atoms with Gasteiger partial charge in [0.25, 0.3) is 0 Å². The highest BCUT2D eigenvalue weighted by Crippen LogP contribution is 2.71. The number of hydrogen-bond acceptors (Lipinski definition) is 4. The lowest BCUT2D eigenvalue weighted by molar-refractivity contribution is -0.273. The third-order valence-electron chi connectivity index (χ3n) is 11.9. The van der Waals surface area contributed by atoms with Gasteiger partial charge in [0.05, 0.1) is 24.9 Å². The van der Waals surface area contributed by atoms with Crippen LogP contribution in [-0.4, -0.2) is 40.9 Å². The van der Waals surface area contributed by atoms with Crippen molar-refractivity contribution in [3.63, 3.8) is 0 Å². The zero-order chi connectivity index (χ0) is 21.8. The van der Waals surface area contributed by atoms with Crippen molar-refractivity contribution >= 4 is 0 Å². The van der Waals surface area contributed by atoms with Crippen molar-refractivity contribution in [2.24, 2.45) is 52.3 Å². The Hall–Kier alpha value is -0.160. The molecule has 0 radical (unpaired) electrons. The van der Waals surface area contributed by atoms with E-state index in [1.54, 1.807) is 0 Å². The van der Waals surface area contributed by atoms with Crippen molar-refractivity contribution in [1.29, 1.82) is 0 Å². The lowest BCUT2D eigenvalue weighted by Crippen LogP contribution is -2.58. The van der Waals surface area contributed by atoms with Gasteiger partial charge >= 0.3 is 0 Å². The molecule has 6 rings (SSSR count). The SMILES string of the molecule is C[C@H]1CC[C@@]2(OC1)O[C@@H]1C[C@@H]3[C@H]4C[C@H](O)[C@H]5C[C@@H](O)CC[C@]5(C)[C@@H]4CC[C@]3(C)[C@@H]1[C@H]2C. The van der Waals surface area contributed by atoms with E-state index in [1.807, 2.05) is 0 Å². The Morgan fingerprint density at radius 1 is 0.806 bits per heavy atom. The number of rotatable bonds is 0. The molecule has 0 bridgehead atoms. The molecule has 0 unspecified atom stereocenters. The lowest BCUT2D eigenvalue weighted by Gasteiger charge is -2.62. The van der Waals surface area contributed by atoms with E-state index >= 15 is 0 Å². The summed E-state index contributed by atoms with van der Waals surface area (Å²) >= 11 is 0. The molecule has 0 aromatic carbocycles. The van der Waals surface area contributed by atoms with Gasteiger partial charge in [-0.25, -0.2) is 0 Å². The van der Waals surface area contributed by atoms with Crippen molar-refractivity contribution in [1.82, 2.24) is 0 Å². The van der Waals surface area contributed by atoms with Gasteiger partial charge in [0.2, 0.25) is 0 Å². The van der Waals surface area contributed by atoms with Crippen molar-refractivity contribution in [3.05, 3.63) is 0 Å². The Kier molecular flexibility index (Phi) is 4.78. The van der Waals surface area contributed by atoms with Gasteiger partial charge in [0.15, 0.2) is 5.79 Å². The van der Waals surface area contributed by atoms with Crippen LogP contribution in [0.15, 0.2) is 0 Å². The molecule has 4 aliphatic carbocycles. The highest BCUT2D eigenvalue weighted by Gasteiger charge is 2.69. The summed E-state index contributed by atoms with van der Waals surface area (Å²) in [5.41, 5.74) is 0.495. The Bertz CT molecular complexity index is 716. The minimum Gasteiger partial charge on any atom is -0.393 e. The molecule has 13 atom stereocenters. The molecule has 0 aromatic rings. The first kappa shape index (κ1) is 21.4. The fourth-order valence-electron chi connectivity index (χ4n) is 10.3. The van der Waals surface area contributed by atoms with Crippen LogP contribution in [0.4, 0.5) is 0 Å². The molecule has 4 saturated carbocycles. The second-order valence-electron chi connectivity index (χ2n) is 13.2. The first-order chi connectivity index (χ1) is 14.7. The third kappa shape index (κ3) is 2.80. The van der Waals surface area contributed by atoms with Gasteiger partial charge in [-0.2, -0.15) is 0 Å². The Morgan fingerprint density at radius 3 is 2.32 bits per heavy atom. The molecule has 2 heterocycles. The van der Waals surface area contributed by atoms with Crippen LogP contribution < -0.4 is 0 Å². The fourth-order valence-corrected chi connectivity index (χ4v) is 10.3. The van der Waals surface area contributed by atoms with Crippen LogP contribution in [0.1, 0.15) is 85.5 Å². The predicted molar refractivity (Wildman–Crippen MR) is 119 cm³/mol. The van der Waals surface area contributed by atoms with Gasteiger partial charge in [0.1, 0.15) is 0 Å². The van der Waals surface area contributed by atoms with E-state index < -0.39 is 0 Å². The van der Waals surface area contributed by atoms with E-state index in [-0.39, 0.29) is 29.3 Å². The number of ether oxygens (including phenoxy) is 2. The van der Waals surface area contributed by atoms with Crippen molar-refractivity contribution in [2.75, 3.05) is 6.61 Å². The summed E-state index contributed by atoms with van der Waals surface area (Å²) in [5, 5.41) is 21.5. The normalized spacial score (nSPS) is 63.3. The fraction of sp³-hybridized carbons (Fsp3) is 1.00. The lowest BCUT2D eigenvalue weighted by atomic mass is 9.43. The molecule has 0 amide bonds. The van der Waals surface area contributed by atoms with Crippen LogP contribution in [0.25, 0.3) is 0 Å². The van der Waals surface area contributed by atoms with Crippen LogP contribution in [0, 0.1) is 52.3 Å². The maximum absolute atomic E-state index is 11.2. The maximum atomic E-state index is 11.2. The molecule has 4 heteroatoms. The van der Waals surface area contributed by atoms with Gasteiger partial charge in [-0.15, -0.1) is 0 Å². The summed E-state index contributed by atoms with van der Waals surface area (Å²) < 4.78 is 13.3. The largest absolute Gasteiger partial charge is 0.393 e. The van der Waals surface area contributed by atoms with Gasteiger partial charge < -0.3 is 19.7 Å². The van der Waals surface area contributed by atoms with Crippen LogP contribution in [0.3, 0.4) is 0 Å². The number of fused-ring (bicyclic) bond motifs is 7. The monoisotopic (exact) mass is 432 g/mol. The van der Waals surface area contributed by atoms with Gasteiger partial charge in [-0.3, -0.25) is 0 Å². The van der Waals surface area contributed by atoms with Crippen LogP contribution in [0.5, 0.6) is 0 Å². The molecular weight excluding hydrogens is 388 g/mol. The van der Waals surface area contributed by atoms with Crippen molar-refractivity contribution in [3.8, 4) is 0 Å². The second-order valence-corrected chi connectivity index (χ2v) is 13.2. The number of aliphatic hydroxyl groups excluding tert-OH is 2. The first-order valence-corrected chi connectivity index (χ1v) is 13.4. The Labute approximate surface area is 188 Å². The Balaban J connectivity index is 1.28. The smallest absolute Gasteiger partial charge is 0.171 e. The molecule has 2 N–H and O–H groups in total. The molecule has 6 fully saturated rings. The summed E-state index contributed by atoms with van der Waals surface area (Å²) in [6.45, 7) is 10.6. The highest BCUT2D eigenvalue weighted by molar-refractivity contribution is 5.16. The van der Waals surface area contributed by atoms with E-state index in [0.29, 0.717) is 47.0 Å². The first-order valence-electron chi connectivity index (χ1n) is 13.4. The molecule has 2 aliphatic heterocycles. The second kappa shape index (κ2) is 6.93. The average Bonchev–Trinajstić information content (AvgIpc) is 3.17. The van der Waals surface area contributed by atoms with E-state index in [4.69, 9.17) is 9.47 Å². The molecule has 1 spiro atoms. The Morgan fingerprint density at radius 2 is 1.58 bits per heavy atom. The summed E-state index contributed by atoms with van der Waals surface area (Å²) in [7, 11) is 0. The minimum atomic E-state index is -0.338. The molecule has 6 aliphatic rings. The van der Waals surface area contributed by atoms with E-state index in [9.17, 15) is 10.2 Å². The average molecular weight is 433 g/mol. The zero-order valence-corrected chi connectivity index (χ0v) is 20.1. The molecule has 4 nitrogen and oxygen atoms in total. The van der Waals surface area contributed by atoms with Crippen LogP contribution in [0.2, 0.25) is 0 Å². The van der Waals surface area contributed by atoms with E-state index in [1.165, 1.54) is 19.3 Å². The van der Waals surface area contributed by atoms with Crippen molar-refractivity contribution in [2.45, 2.75) is 110 Å². The standard InChI is InChI=1S/C27H44O4/c1-15-5-10-27(30-14-15)16(2)24-23(31-27)13-20-18-12-22(29)21-11-17(28)6-8-25(21,3)19(18)7-9-26(20,24)4/h15-24,28-29H,5-14H2,1-4H3/t15-,16+,17-,18-,19+,20+,21+,22-,23+,24+,25+,26-,27+/m0/s1. The summed E-state index contributed by atoms with van der Waals surface area (Å²) in [4.78, 5) is 0. The molecule has 0 aromatic heterocycles. The van der Waals surface area contributed by atoms with Gasteiger partial charge in [-0.1, -0.05) is 27.7 Å². The van der Waals surface area contributed by atoms with Crippen molar-refractivity contribution < 1.29 is 19.7 Å². The highest BCUT2D eigenvalue weighted by atomic mass is 16.7. The topological polar surface area (TPSA) is 58.9 Å². The van der Waals surface area contributed by atoms with Gasteiger partial charge in [-0.05, 0) is 97.7 Å². The maximum Gasteiger partial charge on any atom is 0.171 e. The van der Waals surface area contributed by atoms with E-state index in [0.717, 1.165) is 45.1 Å². The van der Waals surface area contributed by atoms with Crippen LogP contribution >= 0.6 is 0 Å². The molecule has 2 saturated heterocycles. The van der Waals surface area contributed by atoms with E-state index in [2.05, 4.69) is 27.7 Å². The quantitative estimate of drug-likeness (QED) is 0.579. The third-order valence-corrected chi connectivity index (χ3v) is 11.9. The minimum absolute atomic E-state index is 0.191. The number of hydrogen-bond donors (Lipinski definition) is 2. The number of aliphatic hydroxyl groups is 2. The van der Waals surface area contributed by atoms with Gasteiger partial charge in [0, 0.05) is 12.3 Å². The summed E-state index contributed by atoms with van der Waals surface area (Å²) in [6.07, 6.45) is 9.58. The van der Waals surface area contributed by atoms with Crippen LogP contribution in [-0.2, 0) is 9.47 Å². The summed E-state index contributed by atoms with van der Waals surface area (Å²) in [5.74, 6) is 3.58. The zero-order valence-electron chi connectivity index (χ0n) is 20.1. The predicted octanol–water partition coefficient (Wildman–Crippen LogP) is 4.76. The molecular formula is C27H44O4. The molecule has 176 valence electrons. The summed E-state index contributed by atoms with van der Waals surface area (Å²) in [6, 6.07) is 0. The molecule has 31 heavy (non-hydrogen) atoms.